The lowest BCUT2D eigenvalue weighted by Gasteiger charge is -2.15. The lowest BCUT2D eigenvalue weighted by Crippen LogP contribution is -2.36. The molecule has 1 unspecified atom stereocenters. The Bertz CT molecular complexity index is 968. The van der Waals surface area contributed by atoms with Crippen molar-refractivity contribution in [1.82, 2.24) is 20.0 Å². The van der Waals surface area contributed by atoms with Gasteiger partial charge in [0.15, 0.2) is 10.9 Å². The summed E-state index contributed by atoms with van der Waals surface area (Å²) in [6.45, 7) is 7.52. The number of thiazole rings is 1. The minimum Gasteiger partial charge on any atom is -0.491 e. The molecule has 3 aromatic rings. The first-order valence-corrected chi connectivity index (χ1v) is 11.4. The molecule has 2 N–H and O–H groups in total. The van der Waals surface area contributed by atoms with E-state index in [4.69, 9.17) is 14.5 Å². The molecule has 0 amide bonds. The highest BCUT2D eigenvalue weighted by Crippen LogP contribution is 2.23. The zero-order valence-electron chi connectivity index (χ0n) is 18.0. The molecule has 7 nitrogen and oxygen atoms in total. The van der Waals surface area contributed by atoms with Crippen molar-refractivity contribution < 1.29 is 9.47 Å². The van der Waals surface area contributed by atoms with Gasteiger partial charge >= 0.3 is 0 Å². The second kappa shape index (κ2) is 11.7. The maximum absolute atomic E-state index is 6.10. The molecule has 1 aromatic carbocycles. The zero-order valence-corrected chi connectivity index (χ0v) is 21.1. The van der Waals surface area contributed by atoms with Crippen LogP contribution in [0.25, 0.3) is 4.96 Å². The number of ether oxygens (including phenoxy) is 2. The van der Waals surface area contributed by atoms with Crippen molar-refractivity contribution in [1.29, 1.82) is 0 Å². The van der Waals surface area contributed by atoms with E-state index in [1.54, 1.807) is 11.3 Å². The summed E-state index contributed by atoms with van der Waals surface area (Å²) in [5.41, 5.74) is 3.23. The third-order valence-electron chi connectivity index (χ3n) is 5.00. The number of hydrogen-bond acceptors (Lipinski definition) is 5. The monoisotopic (exact) mass is 555 g/mol. The number of rotatable bonds is 8. The van der Waals surface area contributed by atoms with Gasteiger partial charge in [-0.2, -0.15) is 0 Å². The highest BCUT2D eigenvalue weighted by atomic mass is 127. The Morgan fingerprint density at radius 2 is 2.29 bits per heavy atom. The van der Waals surface area contributed by atoms with Crippen LogP contribution in [0.5, 0.6) is 5.75 Å². The fraction of sp³-hybridized carbons (Fsp3) is 0.455. The van der Waals surface area contributed by atoms with Crippen LogP contribution in [0.4, 0.5) is 0 Å². The van der Waals surface area contributed by atoms with Crippen LogP contribution in [-0.2, 0) is 17.8 Å². The zero-order chi connectivity index (χ0) is 20.8. The molecule has 4 rings (SSSR count). The SMILES string of the molecule is CCNC(=NCc1ccc(C)cc1OCC1CCCO1)NCc1cn2ccsc2n1.I. The Kier molecular flexibility index (Phi) is 8.97. The van der Waals surface area contributed by atoms with Gasteiger partial charge in [-0.1, -0.05) is 12.1 Å². The van der Waals surface area contributed by atoms with Crippen molar-refractivity contribution in [2.24, 2.45) is 4.99 Å². The summed E-state index contributed by atoms with van der Waals surface area (Å²) < 4.78 is 13.8. The topological polar surface area (TPSA) is 72.2 Å². The molecule has 1 fully saturated rings. The number of guanidine groups is 1. The molecule has 0 aliphatic carbocycles. The molecule has 3 heterocycles. The number of aromatic nitrogens is 2. The van der Waals surface area contributed by atoms with Gasteiger partial charge in [0.05, 0.1) is 24.9 Å². The molecule has 1 aliphatic heterocycles. The number of imidazole rings is 1. The fourth-order valence-corrected chi connectivity index (χ4v) is 4.15. The summed E-state index contributed by atoms with van der Waals surface area (Å²) in [6, 6.07) is 6.27. The molecule has 2 aromatic heterocycles. The number of aryl methyl sites for hydroxylation is 1. The van der Waals surface area contributed by atoms with E-state index in [9.17, 15) is 0 Å². The minimum absolute atomic E-state index is 0. The maximum Gasteiger partial charge on any atom is 0.193 e. The molecule has 168 valence electrons. The average Bonchev–Trinajstić information content (AvgIpc) is 3.47. The van der Waals surface area contributed by atoms with Gasteiger partial charge in [-0.3, -0.25) is 4.40 Å². The van der Waals surface area contributed by atoms with Gasteiger partial charge in [-0.15, -0.1) is 35.3 Å². The molecule has 0 spiro atoms. The molecule has 1 aliphatic rings. The molecule has 9 heteroatoms. The number of fused-ring (bicyclic) bond motifs is 1. The predicted molar refractivity (Wildman–Crippen MR) is 136 cm³/mol. The Morgan fingerprint density at radius 3 is 3.06 bits per heavy atom. The molecule has 0 saturated carbocycles. The van der Waals surface area contributed by atoms with E-state index in [0.29, 0.717) is 19.7 Å². The number of aliphatic imine (C=N–C) groups is 1. The van der Waals surface area contributed by atoms with Crippen LogP contribution in [0.3, 0.4) is 0 Å². The molecular formula is C22H30IN5O2S. The van der Waals surface area contributed by atoms with Crippen LogP contribution in [0.15, 0.2) is 41.0 Å². The molecule has 0 radical (unpaired) electrons. The van der Waals surface area contributed by atoms with E-state index < -0.39 is 0 Å². The van der Waals surface area contributed by atoms with E-state index in [-0.39, 0.29) is 30.1 Å². The van der Waals surface area contributed by atoms with Crippen molar-refractivity contribution >= 4 is 46.2 Å². The van der Waals surface area contributed by atoms with Gasteiger partial charge in [-0.25, -0.2) is 9.98 Å². The van der Waals surface area contributed by atoms with Crippen LogP contribution in [-0.4, -0.2) is 41.2 Å². The highest BCUT2D eigenvalue weighted by Gasteiger charge is 2.17. The Hall–Kier alpha value is -1.85. The average molecular weight is 555 g/mol. The lowest BCUT2D eigenvalue weighted by molar-refractivity contribution is 0.0676. The van der Waals surface area contributed by atoms with Gasteiger partial charge in [0.1, 0.15) is 12.4 Å². The van der Waals surface area contributed by atoms with Crippen molar-refractivity contribution in [3.8, 4) is 5.75 Å². The summed E-state index contributed by atoms with van der Waals surface area (Å²) in [4.78, 5) is 10.4. The summed E-state index contributed by atoms with van der Waals surface area (Å²) in [6.07, 6.45) is 6.45. The Labute approximate surface area is 204 Å². The van der Waals surface area contributed by atoms with Crippen LogP contribution in [0.2, 0.25) is 0 Å². The Balaban J connectivity index is 0.00000272. The van der Waals surface area contributed by atoms with E-state index in [2.05, 4.69) is 47.7 Å². The number of hydrogen-bond donors (Lipinski definition) is 2. The van der Waals surface area contributed by atoms with Crippen LogP contribution in [0.1, 0.15) is 36.6 Å². The van der Waals surface area contributed by atoms with Crippen molar-refractivity contribution in [2.75, 3.05) is 19.8 Å². The summed E-state index contributed by atoms with van der Waals surface area (Å²) in [5, 5.41) is 8.71. The minimum atomic E-state index is 0. The third kappa shape index (κ3) is 6.56. The second-order valence-corrected chi connectivity index (χ2v) is 8.30. The van der Waals surface area contributed by atoms with Crippen molar-refractivity contribution in [2.45, 2.75) is 45.9 Å². The van der Waals surface area contributed by atoms with E-state index >= 15 is 0 Å². The van der Waals surface area contributed by atoms with Gasteiger partial charge in [0.25, 0.3) is 0 Å². The number of nitrogens with zero attached hydrogens (tertiary/aromatic N) is 3. The number of halogens is 1. The summed E-state index contributed by atoms with van der Waals surface area (Å²) in [7, 11) is 0. The summed E-state index contributed by atoms with van der Waals surface area (Å²) >= 11 is 1.63. The molecular weight excluding hydrogens is 525 g/mol. The number of benzene rings is 1. The number of nitrogens with one attached hydrogen (secondary N) is 2. The fourth-order valence-electron chi connectivity index (χ4n) is 3.43. The maximum atomic E-state index is 6.10. The molecule has 31 heavy (non-hydrogen) atoms. The quantitative estimate of drug-likeness (QED) is 0.249. The van der Waals surface area contributed by atoms with Gasteiger partial charge in [-0.05, 0) is 38.3 Å². The lowest BCUT2D eigenvalue weighted by atomic mass is 10.1. The normalized spacial score (nSPS) is 16.3. The first-order chi connectivity index (χ1) is 14.7. The van der Waals surface area contributed by atoms with Crippen molar-refractivity contribution in [3.63, 3.8) is 0 Å². The van der Waals surface area contributed by atoms with Gasteiger partial charge < -0.3 is 20.1 Å². The first-order valence-electron chi connectivity index (χ1n) is 10.5. The summed E-state index contributed by atoms with van der Waals surface area (Å²) in [5.74, 6) is 1.65. The largest absolute Gasteiger partial charge is 0.491 e. The van der Waals surface area contributed by atoms with Crippen LogP contribution in [0, 0.1) is 6.92 Å². The van der Waals surface area contributed by atoms with Crippen LogP contribution >= 0.6 is 35.3 Å². The van der Waals surface area contributed by atoms with Gasteiger partial charge in [0.2, 0.25) is 0 Å². The standard InChI is InChI=1S/C22H29N5O2S.HI/c1-3-23-21(25-13-18-14-27-8-10-30-22(27)26-18)24-12-17-7-6-16(2)11-20(17)29-15-19-5-4-9-28-19;/h6-8,10-11,14,19H,3-5,9,12-13,15H2,1-2H3,(H2,23,24,25);1H. The van der Waals surface area contributed by atoms with Gasteiger partial charge in [0, 0.05) is 36.5 Å². The van der Waals surface area contributed by atoms with Crippen molar-refractivity contribution in [3.05, 3.63) is 52.8 Å². The smallest absolute Gasteiger partial charge is 0.193 e. The highest BCUT2D eigenvalue weighted by molar-refractivity contribution is 14.0. The second-order valence-electron chi connectivity index (χ2n) is 7.43. The molecule has 1 atom stereocenters. The van der Waals surface area contributed by atoms with E-state index in [0.717, 1.165) is 53.9 Å². The third-order valence-corrected chi connectivity index (χ3v) is 5.77. The van der Waals surface area contributed by atoms with E-state index in [1.165, 1.54) is 5.56 Å². The Morgan fingerprint density at radius 1 is 1.39 bits per heavy atom. The van der Waals surface area contributed by atoms with E-state index in [1.807, 2.05) is 22.2 Å². The predicted octanol–water partition coefficient (Wildman–Crippen LogP) is 4.14. The first kappa shape index (κ1) is 23.8. The molecule has 1 saturated heterocycles. The molecule has 0 bridgehead atoms. The van der Waals surface area contributed by atoms with Crippen LogP contribution < -0.4 is 15.4 Å².